The van der Waals surface area contributed by atoms with E-state index in [1.54, 1.807) is 17.5 Å². The molecule has 0 aromatic carbocycles. The first-order valence-electron chi connectivity index (χ1n) is 8.98. The van der Waals surface area contributed by atoms with Gasteiger partial charge < -0.3 is 4.74 Å². The van der Waals surface area contributed by atoms with Crippen LogP contribution in [0.3, 0.4) is 0 Å². The summed E-state index contributed by atoms with van der Waals surface area (Å²) in [6.45, 7) is 3.44. The molecule has 1 aliphatic rings. The quantitative estimate of drug-likeness (QED) is 0.545. The zero-order chi connectivity index (χ0) is 18.1. The number of pyridine rings is 2. The van der Waals surface area contributed by atoms with E-state index in [9.17, 15) is 0 Å². The van der Waals surface area contributed by atoms with E-state index in [4.69, 9.17) is 4.74 Å². The molecule has 27 heavy (non-hydrogen) atoms. The van der Waals surface area contributed by atoms with Crippen molar-refractivity contribution in [2.75, 3.05) is 19.7 Å². The van der Waals surface area contributed by atoms with Crippen molar-refractivity contribution in [3.8, 4) is 11.1 Å². The second-order valence-electron chi connectivity index (χ2n) is 6.64. The van der Waals surface area contributed by atoms with Gasteiger partial charge in [0.2, 0.25) is 0 Å². The lowest BCUT2D eigenvalue weighted by atomic mass is 10.1. The molecule has 1 saturated heterocycles. The highest BCUT2D eigenvalue weighted by atomic mass is 32.1. The van der Waals surface area contributed by atoms with Crippen LogP contribution in [0, 0.1) is 0 Å². The number of hydrogen-bond acceptors (Lipinski definition) is 6. The Bertz CT molecular complexity index is 1030. The zero-order valence-corrected chi connectivity index (χ0v) is 15.5. The molecular formula is C20H19N5OS. The van der Waals surface area contributed by atoms with Gasteiger partial charge in [-0.15, -0.1) is 16.4 Å². The number of aromatic nitrogens is 4. The number of nitrogens with zero attached hydrogens (tertiary/aromatic N) is 5. The van der Waals surface area contributed by atoms with Crippen LogP contribution < -0.4 is 0 Å². The Balaban J connectivity index is 1.39. The Morgan fingerprint density at radius 2 is 2.15 bits per heavy atom. The molecule has 1 fully saturated rings. The smallest absolute Gasteiger partial charge is 0.121 e. The second kappa shape index (κ2) is 7.19. The molecule has 1 aliphatic heterocycles. The molecule has 4 aromatic heterocycles. The van der Waals surface area contributed by atoms with Crippen molar-refractivity contribution in [2.45, 2.75) is 12.6 Å². The first-order valence-corrected chi connectivity index (χ1v) is 9.86. The van der Waals surface area contributed by atoms with Gasteiger partial charge in [-0.2, -0.15) is 0 Å². The number of morpholine rings is 1. The lowest BCUT2D eigenvalue weighted by Gasteiger charge is -2.31. The summed E-state index contributed by atoms with van der Waals surface area (Å²) >= 11 is 1.80. The lowest BCUT2D eigenvalue weighted by Crippen LogP contribution is -2.37. The van der Waals surface area contributed by atoms with E-state index < -0.39 is 0 Å². The molecule has 136 valence electrons. The molecule has 0 radical (unpaired) electrons. The molecule has 5 rings (SSSR count). The maximum Gasteiger partial charge on any atom is 0.121 e. The predicted octanol–water partition coefficient (Wildman–Crippen LogP) is 3.43. The van der Waals surface area contributed by atoms with Crippen LogP contribution in [0.15, 0.2) is 60.4 Å². The van der Waals surface area contributed by atoms with Crippen LogP contribution in [0.4, 0.5) is 0 Å². The lowest BCUT2D eigenvalue weighted by molar-refractivity contribution is -0.0340. The highest BCUT2D eigenvalue weighted by molar-refractivity contribution is 7.09. The molecule has 6 nitrogen and oxygen atoms in total. The normalized spacial score (nSPS) is 18.1. The summed E-state index contributed by atoms with van der Waals surface area (Å²) in [6, 6.07) is 12.4. The Labute approximate surface area is 161 Å². The molecule has 1 unspecified atom stereocenters. The van der Waals surface area contributed by atoms with Gasteiger partial charge in [0.1, 0.15) is 11.8 Å². The van der Waals surface area contributed by atoms with Gasteiger partial charge >= 0.3 is 0 Å². The van der Waals surface area contributed by atoms with E-state index >= 15 is 0 Å². The number of rotatable bonds is 4. The van der Waals surface area contributed by atoms with E-state index in [1.807, 2.05) is 29.0 Å². The van der Waals surface area contributed by atoms with E-state index in [-0.39, 0.29) is 6.10 Å². The number of ether oxygens (including phenoxy) is 1. The van der Waals surface area contributed by atoms with Crippen molar-refractivity contribution in [1.82, 2.24) is 24.7 Å². The fourth-order valence-corrected chi connectivity index (χ4v) is 4.23. The predicted molar refractivity (Wildman–Crippen MR) is 105 cm³/mol. The summed E-state index contributed by atoms with van der Waals surface area (Å²) < 4.78 is 7.86. The minimum atomic E-state index is -0.0551. The van der Waals surface area contributed by atoms with Crippen LogP contribution in [-0.4, -0.2) is 44.4 Å². The molecule has 0 saturated carbocycles. The summed E-state index contributed by atoms with van der Waals surface area (Å²) in [5.74, 6) is 0. The van der Waals surface area contributed by atoms with Gasteiger partial charge in [-0.05, 0) is 23.6 Å². The van der Waals surface area contributed by atoms with Gasteiger partial charge in [-0.3, -0.25) is 9.88 Å². The van der Waals surface area contributed by atoms with Crippen LogP contribution in [0.2, 0.25) is 0 Å². The molecule has 0 N–H and O–H groups in total. The number of fused-ring (bicyclic) bond motifs is 1. The average molecular weight is 377 g/mol. The summed E-state index contributed by atoms with van der Waals surface area (Å²) in [4.78, 5) is 7.99. The average Bonchev–Trinajstić information content (AvgIpc) is 3.38. The highest BCUT2D eigenvalue weighted by Gasteiger charge is 2.26. The Morgan fingerprint density at radius 1 is 1.15 bits per heavy atom. The van der Waals surface area contributed by atoms with Gasteiger partial charge in [0.05, 0.1) is 12.1 Å². The van der Waals surface area contributed by atoms with Gasteiger partial charge in [0.25, 0.3) is 0 Å². The largest absolute Gasteiger partial charge is 0.369 e. The van der Waals surface area contributed by atoms with Crippen LogP contribution in [0.1, 0.15) is 16.7 Å². The monoisotopic (exact) mass is 377 g/mol. The second-order valence-corrected chi connectivity index (χ2v) is 7.67. The van der Waals surface area contributed by atoms with Crippen molar-refractivity contribution in [3.63, 3.8) is 0 Å². The minimum absolute atomic E-state index is 0.0551. The van der Waals surface area contributed by atoms with E-state index in [1.165, 1.54) is 4.88 Å². The van der Waals surface area contributed by atoms with Crippen molar-refractivity contribution in [3.05, 3.63) is 70.9 Å². The van der Waals surface area contributed by atoms with Crippen molar-refractivity contribution in [2.24, 2.45) is 0 Å². The molecular weight excluding hydrogens is 358 g/mol. The van der Waals surface area contributed by atoms with Gasteiger partial charge in [-0.1, -0.05) is 23.4 Å². The molecule has 4 aromatic rings. The highest BCUT2D eigenvalue weighted by Crippen LogP contribution is 2.27. The zero-order valence-electron chi connectivity index (χ0n) is 14.7. The minimum Gasteiger partial charge on any atom is -0.369 e. The van der Waals surface area contributed by atoms with E-state index in [0.717, 1.165) is 42.0 Å². The molecule has 5 heterocycles. The third kappa shape index (κ3) is 3.37. The van der Waals surface area contributed by atoms with E-state index in [0.29, 0.717) is 6.61 Å². The summed E-state index contributed by atoms with van der Waals surface area (Å²) in [7, 11) is 0. The van der Waals surface area contributed by atoms with Crippen LogP contribution in [0.25, 0.3) is 16.6 Å². The van der Waals surface area contributed by atoms with Gasteiger partial charge in [-0.25, -0.2) is 4.52 Å². The molecule has 7 heteroatoms. The molecule has 0 bridgehead atoms. The summed E-state index contributed by atoms with van der Waals surface area (Å²) in [5.41, 5.74) is 4.03. The first-order chi connectivity index (χ1) is 13.4. The third-order valence-electron chi connectivity index (χ3n) is 4.85. The fourth-order valence-electron chi connectivity index (χ4n) is 3.48. The molecule has 0 spiro atoms. The summed E-state index contributed by atoms with van der Waals surface area (Å²) in [6.07, 6.45) is 5.57. The Hall–Kier alpha value is -2.61. The fraction of sp³-hybridized carbons (Fsp3) is 0.250. The van der Waals surface area contributed by atoms with Crippen molar-refractivity contribution >= 4 is 16.9 Å². The Kier molecular flexibility index (Phi) is 4.41. The summed E-state index contributed by atoms with van der Waals surface area (Å²) in [5, 5.41) is 10.9. The Morgan fingerprint density at radius 3 is 3.00 bits per heavy atom. The standard InChI is InChI=1S/C20H19N5OS/c1-3-15(11-21-7-1)16-5-6-18-20(22-23-25(18)12-16)19-14-24(8-9-26-19)13-17-4-2-10-27-17/h1-7,10-12,19H,8-9,13-14H2. The van der Waals surface area contributed by atoms with Crippen LogP contribution in [0.5, 0.6) is 0 Å². The number of hydrogen-bond donors (Lipinski definition) is 0. The third-order valence-corrected chi connectivity index (χ3v) is 5.71. The maximum atomic E-state index is 6.03. The maximum absolute atomic E-state index is 6.03. The molecule has 1 atom stereocenters. The van der Waals surface area contributed by atoms with Crippen molar-refractivity contribution in [1.29, 1.82) is 0 Å². The SMILES string of the molecule is c1cncc(-c2ccc3c(C4CN(Cc5cccs5)CCO4)nnn3c2)c1. The van der Waals surface area contributed by atoms with E-state index in [2.05, 4.69) is 49.8 Å². The first kappa shape index (κ1) is 16.6. The van der Waals surface area contributed by atoms with Crippen molar-refractivity contribution < 1.29 is 4.74 Å². The van der Waals surface area contributed by atoms with Gasteiger partial charge in [0, 0.05) is 54.2 Å². The van der Waals surface area contributed by atoms with Crippen LogP contribution >= 0.6 is 11.3 Å². The molecule has 0 amide bonds. The topological polar surface area (TPSA) is 55.5 Å². The van der Waals surface area contributed by atoms with Crippen LogP contribution in [-0.2, 0) is 11.3 Å². The molecule has 0 aliphatic carbocycles. The van der Waals surface area contributed by atoms with Gasteiger partial charge in [0.15, 0.2) is 0 Å². The number of thiophene rings is 1.